The summed E-state index contributed by atoms with van der Waals surface area (Å²) >= 11 is 0. The molecule has 0 aliphatic rings. The molecule has 0 heterocycles. The zero-order valence-electron chi connectivity index (χ0n) is 11.1. The van der Waals surface area contributed by atoms with Gasteiger partial charge in [-0.1, -0.05) is 24.3 Å². The average Bonchev–Trinajstić information content (AvgIpc) is 2.48. The number of carbonyl (C=O) groups is 1. The van der Waals surface area contributed by atoms with Crippen molar-refractivity contribution in [3.63, 3.8) is 0 Å². The van der Waals surface area contributed by atoms with E-state index >= 15 is 0 Å². The minimum atomic E-state index is -1.67. The zero-order chi connectivity index (χ0) is 16.1. The van der Waals surface area contributed by atoms with Crippen molar-refractivity contribution in [1.29, 1.82) is 0 Å². The molecule has 0 amide bonds. The summed E-state index contributed by atoms with van der Waals surface area (Å²) in [6.45, 7) is 0. The Hall–Kier alpha value is 0.893. The normalized spacial score (nSPS) is 9.17. The van der Waals surface area contributed by atoms with E-state index < -0.39 is 32.0 Å². The van der Waals surface area contributed by atoms with Crippen molar-refractivity contribution < 1.29 is 32.9 Å². The van der Waals surface area contributed by atoms with Crippen LogP contribution < -0.4 is 10.9 Å². The molecule has 0 atom stereocenters. The first-order valence-corrected chi connectivity index (χ1v) is 6.20. The number of hydrogen-bond donors (Lipinski definition) is 2. The van der Waals surface area contributed by atoms with Gasteiger partial charge in [-0.25, -0.2) is 13.6 Å². The summed E-state index contributed by atoms with van der Waals surface area (Å²) in [6.07, 6.45) is -1.34. The summed E-state index contributed by atoms with van der Waals surface area (Å²) in [4.78, 5) is 11.4. The molecule has 2 rings (SSSR count). The van der Waals surface area contributed by atoms with E-state index in [0.29, 0.717) is 0 Å². The van der Waals surface area contributed by atoms with Gasteiger partial charge in [0.15, 0.2) is 0 Å². The van der Waals surface area contributed by atoms with Crippen molar-refractivity contribution in [2.45, 2.75) is 0 Å². The molecule has 2 N–H and O–H groups in total. The molecule has 0 saturated heterocycles. The first kappa shape index (κ1) is 24.9. The van der Waals surface area contributed by atoms with Gasteiger partial charge in [0.25, 0.3) is 0 Å². The van der Waals surface area contributed by atoms with E-state index in [1.165, 1.54) is 24.3 Å². The van der Waals surface area contributed by atoms with Crippen LogP contribution in [0.15, 0.2) is 48.5 Å². The van der Waals surface area contributed by atoms with Gasteiger partial charge in [-0.05, 0) is 35.2 Å². The van der Waals surface area contributed by atoms with Crippen molar-refractivity contribution in [2.75, 3.05) is 0 Å². The van der Waals surface area contributed by atoms with Crippen molar-refractivity contribution in [2.24, 2.45) is 0 Å². The fourth-order valence-electron chi connectivity index (χ4n) is 1.60. The maximum atomic E-state index is 12.7. The van der Waals surface area contributed by atoms with Gasteiger partial charge in [0.1, 0.15) is 11.6 Å². The van der Waals surface area contributed by atoms with Crippen molar-refractivity contribution in [3.05, 3.63) is 60.2 Å². The Morgan fingerprint density at radius 2 is 1.04 bits per heavy atom. The summed E-state index contributed by atoms with van der Waals surface area (Å²) in [5, 5.41) is 19.2. The van der Waals surface area contributed by atoms with Crippen LogP contribution in [0.1, 0.15) is 0 Å². The predicted molar refractivity (Wildman–Crippen MR) is 89.9 cm³/mol. The Morgan fingerprint density at radius 3 is 1.33 bits per heavy atom. The van der Waals surface area contributed by atoms with Crippen LogP contribution in [0.3, 0.4) is 0 Å². The van der Waals surface area contributed by atoms with Gasteiger partial charge in [0.2, 0.25) is 0 Å². The SMILES string of the molecule is O=C(OB(O)c1ccc(F)cc1)OB(O)c1ccc(F)cc1.[KH].[KH]. The van der Waals surface area contributed by atoms with Crippen LogP contribution in [0.2, 0.25) is 0 Å². The topological polar surface area (TPSA) is 76.0 Å². The molecule has 0 bridgehead atoms. The Kier molecular flexibility index (Phi) is 12.8. The van der Waals surface area contributed by atoms with Crippen molar-refractivity contribution >= 4 is 134 Å². The number of carbonyl (C=O) groups excluding carboxylic acids is 1. The molecule has 0 aliphatic carbocycles. The monoisotopic (exact) mass is 386 g/mol. The second-order valence-electron chi connectivity index (χ2n) is 4.29. The van der Waals surface area contributed by atoms with E-state index in [1.807, 2.05) is 0 Å². The molecule has 116 valence electrons. The van der Waals surface area contributed by atoms with Crippen LogP contribution >= 0.6 is 0 Å². The van der Waals surface area contributed by atoms with E-state index in [0.717, 1.165) is 24.3 Å². The van der Waals surface area contributed by atoms with Crippen LogP contribution in [0.25, 0.3) is 0 Å². The summed E-state index contributed by atoms with van der Waals surface area (Å²) in [5.74, 6) is -1.02. The molecule has 0 unspecified atom stereocenters. The van der Waals surface area contributed by atoms with Crippen LogP contribution in [0.4, 0.5) is 13.6 Å². The number of hydrogen-bond acceptors (Lipinski definition) is 5. The molecule has 5 nitrogen and oxygen atoms in total. The zero-order valence-corrected chi connectivity index (χ0v) is 11.1. The summed E-state index contributed by atoms with van der Waals surface area (Å²) in [6, 6.07) is 9.24. The molecule has 24 heavy (non-hydrogen) atoms. The molecule has 0 aromatic heterocycles. The van der Waals surface area contributed by atoms with Crippen LogP contribution in [-0.4, -0.2) is 133 Å². The third kappa shape index (κ3) is 8.06. The third-order valence-electron chi connectivity index (χ3n) is 2.73. The molecule has 0 fully saturated rings. The maximum absolute atomic E-state index is 12.7. The molecular weight excluding hydrogens is 374 g/mol. The van der Waals surface area contributed by atoms with E-state index in [9.17, 15) is 23.6 Å². The number of rotatable bonds is 4. The Labute approximate surface area is 223 Å². The first-order chi connectivity index (χ1) is 10.5. The minimum absolute atomic E-state index is 0. The van der Waals surface area contributed by atoms with E-state index in [-0.39, 0.29) is 114 Å². The van der Waals surface area contributed by atoms with E-state index in [2.05, 4.69) is 9.31 Å². The van der Waals surface area contributed by atoms with Gasteiger partial charge < -0.3 is 19.4 Å². The molecule has 11 heteroatoms. The molecule has 0 spiro atoms. The van der Waals surface area contributed by atoms with Gasteiger partial charge in [-0.2, -0.15) is 0 Å². The molecular formula is C13H12B2F2K2O5. The molecule has 2 aromatic carbocycles. The summed E-state index contributed by atoms with van der Waals surface area (Å²) in [5.41, 5.74) is 0.268. The van der Waals surface area contributed by atoms with Crippen LogP contribution in [-0.2, 0) is 9.31 Å². The second kappa shape index (κ2) is 12.3. The molecule has 2 aromatic rings. The Morgan fingerprint density at radius 1 is 0.750 bits per heavy atom. The fraction of sp³-hybridized carbons (Fsp3) is 0. The molecule has 0 aliphatic heterocycles. The quantitative estimate of drug-likeness (QED) is 0.653. The van der Waals surface area contributed by atoms with Gasteiger partial charge in [0, 0.05) is 0 Å². The average molecular weight is 386 g/mol. The van der Waals surface area contributed by atoms with Crippen molar-refractivity contribution in [1.82, 2.24) is 0 Å². The van der Waals surface area contributed by atoms with Crippen LogP contribution in [0, 0.1) is 11.6 Å². The third-order valence-corrected chi connectivity index (χ3v) is 2.73. The molecule has 0 saturated carbocycles. The standard InChI is InChI=1S/C13H10B2F2O5.2K.2H/c16-11-5-1-9(2-6-11)14(19)21-13(18)22-15(20)10-3-7-12(17)8-4-10;;;;/h1-8,19-20H;;;;. The first-order valence-electron chi connectivity index (χ1n) is 6.20. The van der Waals surface area contributed by atoms with Gasteiger partial charge in [-0.3, -0.25) is 0 Å². The fourth-order valence-corrected chi connectivity index (χ4v) is 1.60. The van der Waals surface area contributed by atoms with Gasteiger partial charge in [-0.15, -0.1) is 0 Å². The number of halogens is 2. The second-order valence-corrected chi connectivity index (χ2v) is 4.29. The number of benzene rings is 2. The molecule has 0 radical (unpaired) electrons. The van der Waals surface area contributed by atoms with Crippen LogP contribution in [0.5, 0.6) is 0 Å². The van der Waals surface area contributed by atoms with Gasteiger partial charge >= 0.3 is 123 Å². The summed E-state index contributed by atoms with van der Waals surface area (Å²) in [7, 11) is -3.35. The summed E-state index contributed by atoms with van der Waals surface area (Å²) < 4.78 is 34.5. The van der Waals surface area contributed by atoms with E-state index in [1.54, 1.807) is 0 Å². The van der Waals surface area contributed by atoms with E-state index in [4.69, 9.17) is 0 Å². The predicted octanol–water partition coefficient (Wildman–Crippen LogP) is -1.10. The Bertz CT molecular complexity index is 590. The van der Waals surface area contributed by atoms with Crippen molar-refractivity contribution in [3.8, 4) is 0 Å². The van der Waals surface area contributed by atoms with Gasteiger partial charge in [0.05, 0.1) is 0 Å². The Balaban J connectivity index is 0.00000264.